The Morgan fingerprint density at radius 3 is 1.79 bits per heavy atom. The van der Waals surface area contributed by atoms with E-state index >= 15 is 0 Å². The number of ether oxygens (including phenoxy) is 5. The van der Waals surface area contributed by atoms with Crippen molar-refractivity contribution < 1.29 is 69.0 Å². The summed E-state index contributed by atoms with van der Waals surface area (Å²) in [5.41, 5.74) is -1.07. The Balaban J connectivity index is 1.63. The molecule has 43 heavy (non-hydrogen) atoms. The molecule has 2 fully saturated rings. The first kappa shape index (κ1) is 30.8. The zero-order valence-electron chi connectivity index (χ0n) is 23.1. The molecular formula is C28H32O15. The summed E-state index contributed by atoms with van der Waals surface area (Å²) in [6, 6.07) is 7.20. The topological polar surface area (TPSA) is 238 Å². The van der Waals surface area contributed by atoms with Crippen molar-refractivity contribution in [2.45, 2.75) is 75.3 Å². The van der Waals surface area contributed by atoms with Gasteiger partial charge in [0.1, 0.15) is 53.3 Å². The Labute approximate surface area is 243 Å². The van der Waals surface area contributed by atoms with Gasteiger partial charge in [-0.2, -0.15) is 0 Å². The van der Waals surface area contributed by atoms with Crippen LogP contribution >= 0.6 is 0 Å². The fraction of sp³-hybridized carbons (Fsp3) is 0.464. The molecule has 2 aliphatic heterocycles. The SMILES string of the molecule is COc1ccc(-c2oc3cc(O[C@H]4O[C@@H](C)[C@H](O)[C@H](O)[C@@H]4O)c(O)c(O)c3c(=O)c2O[C@@H]2O[C@@H](C)[C@H](O)[C@H](O)[C@@H]2O)cc1. The molecule has 234 valence electrons. The molecule has 2 aliphatic rings. The summed E-state index contributed by atoms with van der Waals surface area (Å²) in [4.78, 5) is 13.8. The zero-order valence-corrected chi connectivity index (χ0v) is 23.1. The van der Waals surface area contributed by atoms with E-state index in [0.717, 1.165) is 6.07 Å². The maximum absolute atomic E-state index is 13.8. The van der Waals surface area contributed by atoms with Gasteiger partial charge in [0, 0.05) is 11.6 Å². The minimum atomic E-state index is -1.79. The number of aromatic hydroxyl groups is 2. The summed E-state index contributed by atoms with van der Waals surface area (Å²) in [6.07, 6.45) is -15.0. The second-order valence-corrected chi connectivity index (χ2v) is 10.4. The van der Waals surface area contributed by atoms with E-state index in [9.17, 15) is 45.6 Å². The van der Waals surface area contributed by atoms with E-state index in [2.05, 4.69) is 0 Å². The molecular weight excluding hydrogens is 576 g/mol. The van der Waals surface area contributed by atoms with E-state index in [1.807, 2.05) is 0 Å². The molecule has 0 amide bonds. The largest absolute Gasteiger partial charge is 0.504 e. The molecule has 2 aromatic carbocycles. The highest BCUT2D eigenvalue weighted by atomic mass is 16.7. The normalized spacial score (nSPS) is 32.9. The van der Waals surface area contributed by atoms with Crippen molar-refractivity contribution in [3.63, 3.8) is 0 Å². The van der Waals surface area contributed by atoms with Crippen molar-refractivity contribution in [2.75, 3.05) is 7.11 Å². The second-order valence-electron chi connectivity index (χ2n) is 10.4. The molecule has 0 aliphatic carbocycles. The van der Waals surface area contributed by atoms with Crippen LogP contribution in [0.4, 0.5) is 0 Å². The first-order chi connectivity index (χ1) is 20.3. The van der Waals surface area contributed by atoms with Crippen LogP contribution in [0.3, 0.4) is 0 Å². The van der Waals surface area contributed by atoms with Crippen LogP contribution in [-0.4, -0.2) is 109 Å². The van der Waals surface area contributed by atoms with Crippen LogP contribution in [0.1, 0.15) is 13.8 Å². The third-order valence-electron chi connectivity index (χ3n) is 7.50. The lowest BCUT2D eigenvalue weighted by Crippen LogP contribution is -2.58. The van der Waals surface area contributed by atoms with E-state index in [1.54, 1.807) is 12.1 Å². The van der Waals surface area contributed by atoms with Crippen molar-refractivity contribution in [1.82, 2.24) is 0 Å². The molecule has 0 bridgehead atoms. The number of hydrogen-bond acceptors (Lipinski definition) is 15. The van der Waals surface area contributed by atoms with Gasteiger partial charge >= 0.3 is 0 Å². The van der Waals surface area contributed by atoms with Crippen molar-refractivity contribution >= 4 is 11.0 Å². The minimum absolute atomic E-state index is 0.221. The molecule has 1 aromatic heterocycles. The van der Waals surface area contributed by atoms with Crippen molar-refractivity contribution in [2.24, 2.45) is 0 Å². The quantitative estimate of drug-likeness (QED) is 0.161. The fourth-order valence-corrected chi connectivity index (χ4v) is 4.88. The average Bonchev–Trinajstić information content (AvgIpc) is 2.99. The Bertz CT molecular complexity index is 1520. The number of fused-ring (bicyclic) bond motifs is 1. The second kappa shape index (κ2) is 11.8. The molecule has 0 unspecified atom stereocenters. The number of methoxy groups -OCH3 is 1. The maximum atomic E-state index is 13.8. The summed E-state index contributed by atoms with van der Waals surface area (Å²) in [6.45, 7) is 2.84. The maximum Gasteiger partial charge on any atom is 0.239 e. The molecule has 0 radical (unpaired) electrons. The predicted octanol–water partition coefficient (Wildman–Crippen LogP) is -0.708. The zero-order chi connectivity index (χ0) is 31.3. The van der Waals surface area contributed by atoms with Gasteiger partial charge in [-0.3, -0.25) is 4.79 Å². The molecule has 8 N–H and O–H groups in total. The molecule has 3 heterocycles. The van der Waals surface area contributed by atoms with Crippen LogP contribution in [0.15, 0.2) is 39.5 Å². The highest BCUT2D eigenvalue weighted by molar-refractivity contribution is 5.91. The Morgan fingerprint density at radius 1 is 0.721 bits per heavy atom. The third-order valence-corrected chi connectivity index (χ3v) is 7.50. The Morgan fingerprint density at radius 2 is 1.26 bits per heavy atom. The smallest absolute Gasteiger partial charge is 0.239 e. The molecule has 15 heteroatoms. The van der Waals surface area contributed by atoms with Crippen LogP contribution in [0, 0.1) is 0 Å². The van der Waals surface area contributed by atoms with Crippen LogP contribution < -0.4 is 19.6 Å². The van der Waals surface area contributed by atoms with Crippen LogP contribution in [0.25, 0.3) is 22.3 Å². The van der Waals surface area contributed by atoms with Crippen LogP contribution in [0.5, 0.6) is 28.7 Å². The van der Waals surface area contributed by atoms with Gasteiger partial charge in [0.2, 0.25) is 29.5 Å². The number of hydrogen-bond donors (Lipinski definition) is 8. The van der Waals surface area contributed by atoms with Crippen LogP contribution in [0.2, 0.25) is 0 Å². The number of phenols is 2. The number of rotatable bonds is 6. The summed E-state index contributed by atoms with van der Waals surface area (Å²) in [5.74, 6) is -2.77. The van der Waals surface area contributed by atoms with E-state index in [1.165, 1.54) is 33.1 Å². The van der Waals surface area contributed by atoms with Gasteiger partial charge in [0.25, 0.3) is 0 Å². The summed E-state index contributed by atoms with van der Waals surface area (Å²) >= 11 is 0. The average molecular weight is 609 g/mol. The van der Waals surface area contributed by atoms with Gasteiger partial charge in [-0.05, 0) is 38.1 Å². The van der Waals surface area contributed by atoms with Gasteiger partial charge in [-0.25, -0.2) is 0 Å². The molecule has 5 rings (SSSR count). The summed E-state index contributed by atoms with van der Waals surface area (Å²) in [5, 5.41) is 82.2. The minimum Gasteiger partial charge on any atom is -0.504 e. The molecule has 0 saturated carbocycles. The lowest BCUT2D eigenvalue weighted by atomic mass is 10.00. The lowest BCUT2D eigenvalue weighted by molar-refractivity contribution is -0.268. The molecule has 2 saturated heterocycles. The van der Waals surface area contributed by atoms with Gasteiger partial charge in [-0.1, -0.05) is 0 Å². The Hall–Kier alpha value is -3.67. The van der Waals surface area contributed by atoms with Gasteiger partial charge < -0.3 is 69.0 Å². The number of aliphatic hydroxyl groups is 6. The summed E-state index contributed by atoms with van der Waals surface area (Å²) < 4.78 is 33.3. The standard InChI is InChI=1S/C28H32O15/c1-9-16(29)21(34)23(36)27(39-9)42-14-8-13-15(19(32)18(14)31)20(33)26(25(41-13)11-4-6-12(38-3)7-5-11)43-28-24(37)22(35)17(30)10(2)40-28/h4-10,16-17,21-24,27-32,34-37H,1-3H3/t9-,10-,16-,17-,21-,22-,23-,24-,27+,28-/m0/s1. The van der Waals surface area contributed by atoms with Crippen LogP contribution in [-0.2, 0) is 9.47 Å². The van der Waals surface area contributed by atoms with E-state index in [4.69, 9.17) is 28.1 Å². The van der Waals surface area contributed by atoms with E-state index < -0.39 is 95.2 Å². The third kappa shape index (κ3) is 5.45. The molecule has 10 atom stereocenters. The first-order valence-electron chi connectivity index (χ1n) is 13.3. The number of phenolic OH excluding ortho intramolecular Hbond substituents is 2. The van der Waals surface area contributed by atoms with E-state index in [-0.39, 0.29) is 16.9 Å². The van der Waals surface area contributed by atoms with Gasteiger partial charge in [0.05, 0.1) is 19.3 Å². The Kier molecular flexibility index (Phi) is 8.43. The predicted molar refractivity (Wildman–Crippen MR) is 144 cm³/mol. The lowest BCUT2D eigenvalue weighted by Gasteiger charge is -2.39. The van der Waals surface area contributed by atoms with Crippen molar-refractivity contribution in [1.29, 1.82) is 0 Å². The molecule has 0 spiro atoms. The molecule has 15 nitrogen and oxygen atoms in total. The van der Waals surface area contributed by atoms with Gasteiger partial charge in [-0.15, -0.1) is 0 Å². The van der Waals surface area contributed by atoms with Crippen molar-refractivity contribution in [3.05, 3.63) is 40.6 Å². The fourth-order valence-electron chi connectivity index (χ4n) is 4.88. The monoisotopic (exact) mass is 608 g/mol. The first-order valence-corrected chi connectivity index (χ1v) is 13.3. The van der Waals surface area contributed by atoms with Crippen molar-refractivity contribution in [3.8, 4) is 40.1 Å². The van der Waals surface area contributed by atoms with Gasteiger partial charge in [0.15, 0.2) is 17.3 Å². The highest BCUT2D eigenvalue weighted by Gasteiger charge is 2.45. The number of benzene rings is 2. The molecule has 3 aromatic rings. The van der Waals surface area contributed by atoms with E-state index in [0.29, 0.717) is 5.75 Å². The number of aliphatic hydroxyl groups excluding tert-OH is 6. The summed E-state index contributed by atoms with van der Waals surface area (Å²) in [7, 11) is 1.45. The highest BCUT2D eigenvalue weighted by Crippen LogP contribution is 2.44.